The van der Waals surface area contributed by atoms with Gasteiger partial charge in [0.2, 0.25) is 0 Å². The van der Waals surface area contributed by atoms with Gasteiger partial charge >= 0.3 is 0 Å². The second-order valence-corrected chi connectivity index (χ2v) is 1.14. The Morgan fingerprint density at radius 3 is 2.14 bits per heavy atom. The number of halogens is 1. The van der Waals surface area contributed by atoms with E-state index in [2.05, 4.69) is 5.32 Å². The Kier molecular flexibility index (Phi) is 0.978. The summed E-state index contributed by atoms with van der Waals surface area (Å²) in [5, 5.41) is 3.14. The maximum atomic E-state index is 11.8. The van der Waals surface area contributed by atoms with E-state index in [0.717, 1.165) is 0 Å². The Hall–Kier alpha value is -0.990. The van der Waals surface area contributed by atoms with Crippen LogP contribution in [-0.2, 0) is 0 Å². The molecule has 0 aromatic heterocycles. The highest BCUT2D eigenvalue weighted by molar-refractivity contribution is 4.94. The van der Waals surface area contributed by atoms with Gasteiger partial charge in [-0.1, -0.05) is 4.48 Å². The van der Waals surface area contributed by atoms with Gasteiger partial charge in [0.15, 0.2) is 0 Å². The second-order valence-electron chi connectivity index (χ2n) is 1.14. The van der Waals surface area contributed by atoms with Crippen molar-refractivity contribution in [3.05, 3.63) is 24.8 Å². The minimum atomic E-state index is 0.469. The molecular weight excluding hydrogens is 95.1 g/mol. The fourth-order valence-electron chi connectivity index (χ4n) is 0.334. The zero-order valence-corrected chi connectivity index (χ0v) is 3.63. The van der Waals surface area contributed by atoms with Gasteiger partial charge in [0.1, 0.15) is 0 Å². The third-order valence-corrected chi connectivity index (χ3v) is 0.626. The lowest BCUT2D eigenvalue weighted by atomic mass is 10.7. The minimum Gasteiger partial charge on any atom is -0.365 e. The maximum Gasteiger partial charge on any atom is 0.0539 e. The lowest BCUT2D eigenvalue weighted by Gasteiger charge is -2.03. The first kappa shape index (κ1) is 4.18. The molecule has 7 heavy (non-hydrogen) atoms. The molecule has 0 amide bonds. The molecule has 3 heteroatoms. The first-order valence-corrected chi connectivity index (χ1v) is 1.93. The summed E-state index contributed by atoms with van der Waals surface area (Å²) in [4.78, 5) is 0. The van der Waals surface area contributed by atoms with E-state index in [9.17, 15) is 4.48 Å². The van der Waals surface area contributed by atoms with Crippen molar-refractivity contribution >= 4 is 0 Å². The van der Waals surface area contributed by atoms with Gasteiger partial charge in [0.25, 0.3) is 0 Å². The zero-order chi connectivity index (χ0) is 5.11. The van der Waals surface area contributed by atoms with Gasteiger partial charge in [0, 0.05) is 12.4 Å². The van der Waals surface area contributed by atoms with Crippen LogP contribution in [0, 0.1) is 0 Å². The molecule has 0 bridgehead atoms. The molecule has 0 aromatic rings. The normalized spacial score (nSPS) is 17.0. The lowest BCUT2D eigenvalue weighted by molar-refractivity contribution is 0.155. The van der Waals surface area contributed by atoms with Crippen LogP contribution in [0.1, 0.15) is 0 Å². The summed E-state index contributed by atoms with van der Waals surface area (Å²) in [6.07, 6.45) is 5.56. The van der Waals surface area contributed by atoms with E-state index in [-0.39, 0.29) is 0 Å². The van der Waals surface area contributed by atoms with E-state index in [4.69, 9.17) is 0 Å². The average Bonchev–Trinajstić information content (AvgIpc) is 1.69. The number of rotatable bonds is 0. The molecule has 0 atom stereocenters. The molecule has 1 N–H and O–H groups in total. The molecule has 0 aliphatic carbocycles. The van der Waals surface area contributed by atoms with Crippen LogP contribution in [-0.4, -0.2) is 5.12 Å². The molecule has 0 saturated heterocycles. The number of nitrogens with one attached hydrogen (secondary N) is 1. The summed E-state index contributed by atoms with van der Waals surface area (Å²) in [6.45, 7) is 0. The first-order chi connectivity index (χ1) is 3.39. The fourth-order valence-corrected chi connectivity index (χ4v) is 0.334. The van der Waals surface area contributed by atoms with Crippen LogP contribution < -0.4 is 5.32 Å². The van der Waals surface area contributed by atoms with Crippen LogP contribution in [0.4, 0.5) is 4.48 Å². The summed E-state index contributed by atoms with van der Waals surface area (Å²) < 4.78 is 11.8. The van der Waals surface area contributed by atoms with Crippen LogP contribution in [0.15, 0.2) is 24.8 Å². The zero-order valence-electron chi connectivity index (χ0n) is 3.63. The Balaban J connectivity index is 2.49. The molecule has 0 radical (unpaired) electrons. The first-order valence-electron chi connectivity index (χ1n) is 1.93. The van der Waals surface area contributed by atoms with Crippen LogP contribution in [0.3, 0.4) is 0 Å². The van der Waals surface area contributed by atoms with E-state index >= 15 is 0 Å². The summed E-state index contributed by atoms with van der Waals surface area (Å²) >= 11 is 0. The van der Waals surface area contributed by atoms with Gasteiger partial charge in [-0.05, 0) is 0 Å². The highest BCUT2D eigenvalue weighted by Crippen LogP contribution is 1.93. The Bertz CT molecular complexity index is 96.3. The highest BCUT2D eigenvalue weighted by Gasteiger charge is 1.87. The molecular formula is C4H5FN2. The van der Waals surface area contributed by atoms with Crippen molar-refractivity contribution in [1.82, 2.24) is 10.4 Å². The highest BCUT2D eigenvalue weighted by atomic mass is 19.2. The van der Waals surface area contributed by atoms with Crippen molar-refractivity contribution in [2.75, 3.05) is 0 Å². The third kappa shape index (κ3) is 0.924. The Morgan fingerprint density at radius 2 is 1.86 bits per heavy atom. The third-order valence-electron chi connectivity index (χ3n) is 0.626. The summed E-state index contributed by atoms with van der Waals surface area (Å²) in [5.74, 6) is 0. The van der Waals surface area contributed by atoms with Crippen LogP contribution in [0.5, 0.6) is 0 Å². The minimum absolute atomic E-state index is 0.469. The van der Waals surface area contributed by atoms with Crippen LogP contribution in [0.25, 0.3) is 0 Å². The van der Waals surface area contributed by atoms with Gasteiger partial charge in [0.05, 0.1) is 12.4 Å². The summed E-state index contributed by atoms with van der Waals surface area (Å²) in [5.41, 5.74) is 0. The fraction of sp³-hybridized carbons (Fsp3) is 0. The molecule has 0 spiro atoms. The predicted octanol–water partition coefficient (Wildman–Crippen LogP) is 0.719. The standard InChI is InChI=1S/C4H5FN2/c5-7-3-1-6-2-4-7/h1-4,6H. The van der Waals surface area contributed by atoms with E-state index < -0.39 is 0 Å². The van der Waals surface area contributed by atoms with Crippen LogP contribution >= 0.6 is 0 Å². The summed E-state index contributed by atoms with van der Waals surface area (Å²) in [6, 6.07) is 0. The molecule has 1 heterocycles. The Labute approximate surface area is 40.9 Å². The number of nitrogens with zero attached hydrogens (tertiary/aromatic N) is 1. The molecule has 1 rings (SSSR count). The van der Waals surface area contributed by atoms with E-state index in [1.54, 1.807) is 0 Å². The van der Waals surface area contributed by atoms with Crippen molar-refractivity contribution in [3.8, 4) is 0 Å². The van der Waals surface area contributed by atoms with Gasteiger partial charge in [-0.2, -0.15) is 5.12 Å². The Morgan fingerprint density at radius 1 is 1.29 bits per heavy atom. The molecule has 1 aliphatic rings. The van der Waals surface area contributed by atoms with Gasteiger partial charge < -0.3 is 5.32 Å². The summed E-state index contributed by atoms with van der Waals surface area (Å²) in [7, 11) is 0. The van der Waals surface area contributed by atoms with E-state index in [1.807, 2.05) is 0 Å². The van der Waals surface area contributed by atoms with Crippen molar-refractivity contribution < 1.29 is 4.48 Å². The van der Waals surface area contributed by atoms with Crippen molar-refractivity contribution in [2.45, 2.75) is 0 Å². The molecule has 1 aliphatic heterocycles. The topological polar surface area (TPSA) is 15.3 Å². The smallest absolute Gasteiger partial charge is 0.0539 e. The molecule has 0 saturated carbocycles. The quantitative estimate of drug-likeness (QED) is 0.451. The second kappa shape index (κ2) is 1.64. The van der Waals surface area contributed by atoms with E-state index in [1.165, 1.54) is 24.8 Å². The maximum absolute atomic E-state index is 11.8. The van der Waals surface area contributed by atoms with E-state index in [0.29, 0.717) is 5.12 Å². The van der Waals surface area contributed by atoms with Crippen molar-refractivity contribution in [2.24, 2.45) is 0 Å². The van der Waals surface area contributed by atoms with Crippen molar-refractivity contribution in [3.63, 3.8) is 0 Å². The van der Waals surface area contributed by atoms with Crippen LogP contribution in [0.2, 0.25) is 0 Å². The average molecular weight is 100 g/mol. The van der Waals surface area contributed by atoms with Gasteiger partial charge in [-0.3, -0.25) is 0 Å². The molecule has 38 valence electrons. The SMILES string of the molecule is FN1C=CNC=C1. The van der Waals surface area contributed by atoms with Gasteiger partial charge in [-0.15, -0.1) is 0 Å². The molecule has 0 unspecified atom stereocenters. The molecule has 0 aromatic carbocycles. The molecule has 2 nitrogen and oxygen atoms in total. The number of hydrogen-bond acceptors (Lipinski definition) is 2. The lowest BCUT2D eigenvalue weighted by Crippen LogP contribution is -2.05. The number of hydrogen-bond donors (Lipinski definition) is 1. The van der Waals surface area contributed by atoms with Gasteiger partial charge in [-0.25, -0.2) is 0 Å². The largest absolute Gasteiger partial charge is 0.365 e. The predicted molar refractivity (Wildman–Crippen MR) is 24.4 cm³/mol. The monoisotopic (exact) mass is 100 g/mol. The molecule has 0 fully saturated rings. The van der Waals surface area contributed by atoms with Crippen molar-refractivity contribution in [1.29, 1.82) is 0 Å².